The second-order valence-electron chi connectivity index (χ2n) is 6.42. The van der Waals surface area contributed by atoms with Gasteiger partial charge in [0, 0.05) is 11.6 Å². The van der Waals surface area contributed by atoms with Crippen molar-refractivity contribution in [1.29, 1.82) is 0 Å². The fourth-order valence-electron chi connectivity index (χ4n) is 2.60. The molecule has 1 unspecified atom stereocenters. The van der Waals surface area contributed by atoms with Crippen LogP contribution in [0.25, 0.3) is 0 Å². The highest BCUT2D eigenvalue weighted by atomic mass is 16.4. The van der Waals surface area contributed by atoms with Gasteiger partial charge in [-0.05, 0) is 40.5 Å². The Morgan fingerprint density at radius 2 is 1.84 bits per heavy atom. The van der Waals surface area contributed by atoms with Gasteiger partial charge in [0.15, 0.2) is 0 Å². The van der Waals surface area contributed by atoms with Gasteiger partial charge in [0.05, 0.1) is 12.6 Å². The maximum Gasteiger partial charge on any atom is 0.317 e. The Labute approximate surface area is 115 Å². The van der Waals surface area contributed by atoms with E-state index < -0.39 is 12.0 Å². The first-order valence-corrected chi connectivity index (χ1v) is 7.00. The number of nitrogens with zero attached hydrogens (tertiary/aromatic N) is 1. The molecule has 0 radical (unpaired) electrons. The van der Waals surface area contributed by atoms with Gasteiger partial charge in [-0.3, -0.25) is 14.5 Å². The predicted molar refractivity (Wildman–Crippen MR) is 74.0 cm³/mol. The normalized spacial score (nSPS) is 18.6. The number of hydrogen-bond donors (Lipinski definition) is 2. The lowest BCUT2D eigenvalue weighted by atomic mass is 10.1. The van der Waals surface area contributed by atoms with E-state index in [1.165, 1.54) is 0 Å². The lowest BCUT2D eigenvalue weighted by Crippen LogP contribution is -2.54. The van der Waals surface area contributed by atoms with Crippen molar-refractivity contribution in [2.24, 2.45) is 0 Å². The number of carboxylic acid groups (broad SMARTS) is 1. The number of carboxylic acids is 1. The fourth-order valence-corrected chi connectivity index (χ4v) is 2.60. The molecule has 0 bridgehead atoms. The Morgan fingerprint density at radius 1 is 1.32 bits per heavy atom. The van der Waals surface area contributed by atoms with Crippen LogP contribution in [0, 0.1) is 0 Å². The third kappa shape index (κ3) is 5.19. The number of aliphatic carboxylic acids is 1. The first-order chi connectivity index (χ1) is 8.70. The molecule has 1 saturated carbocycles. The summed E-state index contributed by atoms with van der Waals surface area (Å²) in [6.45, 7) is 7.50. The molecule has 0 heterocycles. The van der Waals surface area contributed by atoms with E-state index in [2.05, 4.69) is 5.32 Å². The van der Waals surface area contributed by atoms with Crippen molar-refractivity contribution < 1.29 is 14.7 Å². The van der Waals surface area contributed by atoms with Crippen LogP contribution in [-0.2, 0) is 9.59 Å². The minimum Gasteiger partial charge on any atom is -0.480 e. The van der Waals surface area contributed by atoms with Crippen LogP contribution >= 0.6 is 0 Å². The lowest BCUT2D eigenvalue weighted by Gasteiger charge is -2.34. The summed E-state index contributed by atoms with van der Waals surface area (Å²) in [5.41, 5.74) is -0.296. The zero-order valence-electron chi connectivity index (χ0n) is 12.4. The summed E-state index contributed by atoms with van der Waals surface area (Å²) < 4.78 is 0. The van der Waals surface area contributed by atoms with Crippen molar-refractivity contribution in [2.75, 3.05) is 6.54 Å². The Morgan fingerprint density at radius 3 is 2.26 bits per heavy atom. The van der Waals surface area contributed by atoms with Crippen molar-refractivity contribution in [3.05, 3.63) is 0 Å². The number of hydrogen-bond acceptors (Lipinski definition) is 3. The van der Waals surface area contributed by atoms with Crippen molar-refractivity contribution in [1.82, 2.24) is 10.2 Å². The standard InChI is InChI=1S/C14H26N2O3/c1-10(13(19)15-14(2,3)4)16(9-12(17)18)11-7-5-6-8-11/h10-11H,5-9H2,1-4H3,(H,15,19)(H,17,18). The first kappa shape index (κ1) is 16.0. The molecule has 5 nitrogen and oxygen atoms in total. The Hall–Kier alpha value is -1.10. The molecule has 110 valence electrons. The number of carbonyl (C=O) groups is 2. The SMILES string of the molecule is CC(C(=O)NC(C)(C)C)N(CC(=O)O)C1CCCC1. The third-order valence-corrected chi connectivity index (χ3v) is 3.49. The molecule has 19 heavy (non-hydrogen) atoms. The van der Waals surface area contributed by atoms with Crippen LogP contribution in [-0.4, -0.2) is 46.1 Å². The average Bonchev–Trinajstić information content (AvgIpc) is 2.75. The topological polar surface area (TPSA) is 69.6 Å². The smallest absolute Gasteiger partial charge is 0.317 e. The van der Waals surface area contributed by atoms with Crippen molar-refractivity contribution in [2.45, 2.75) is 71.0 Å². The van der Waals surface area contributed by atoms with Crippen LogP contribution in [0.1, 0.15) is 53.4 Å². The zero-order valence-corrected chi connectivity index (χ0v) is 12.4. The summed E-state index contributed by atoms with van der Waals surface area (Å²) >= 11 is 0. The molecule has 5 heteroatoms. The van der Waals surface area contributed by atoms with Gasteiger partial charge in [-0.1, -0.05) is 12.8 Å². The minimum atomic E-state index is -0.873. The van der Waals surface area contributed by atoms with E-state index in [0.717, 1.165) is 25.7 Å². The van der Waals surface area contributed by atoms with Crippen molar-refractivity contribution in [3.63, 3.8) is 0 Å². The van der Waals surface area contributed by atoms with E-state index in [9.17, 15) is 9.59 Å². The number of carbonyl (C=O) groups excluding carboxylic acids is 1. The molecule has 1 amide bonds. The van der Waals surface area contributed by atoms with Gasteiger partial charge in [0.2, 0.25) is 5.91 Å². The molecule has 2 N–H and O–H groups in total. The van der Waals surface area contributed by atoms with Gasteiger partial charge in [-0.15, -0.1) is 0 Å². The van der Waals surface area contributed by atoms with Crippen LogP contribution in [0.15, 0.2) is 0 Å². The van der Waals surface area contributed by atoms with Gasteiger partial charge in [0.1, 0.15) is 0 Å². The fraction of sp³-hybridized carbons (Fsp3) is 0.857. The molecule has 1 aliphatic rings. The van der Waals surface area contributed by atoms with E-state index in [1.807, 2.05) is 25.7 Å². The number of amides is 1. The van der Waals surface area contributed by atoms with Crippen molar-refractivity contribution in [3.8, 4) is 0 Å². The van der Waals surface area contributed by atoms with E-state index >= 15 is 0 Å². The molecule has 1 rings (SSSR count). The Bertz CT molecular complexity index is 330. The molecule has 0 spiro atoms. The second-order valence-corrected chi connectivity index (χ2v) is 6.42. The van der Waals surface area contributed by atoms with Gasteiger partial charge in [-0.2, -0.15) is 0 Å². The van der Waals surface area contributed by atoms with Gasteiger partial charge >= 0.3 is 5.97 Å². The summed E-state index contributed by atoms with van der Waals surface area (Å²) in [6, 6.07) is -0.185. The summed E-state index contributed by atoms with van der Waals surface area (Å²) in [5.74, 6) is -0.969. The summed E-state index contributed by atoms with van der Waals surface area (Å²) in [5, 5.41) is 12.0. The van der Waals surface area contributed by atoms with E-state index in [0.29, 0.717) is 0 Å². The molecule has 0 aromatic rings. The molecule has 0 saturated heterocycles. The largest absolute Gasteiger partial charge is 0.480 e. The minimum absolute atomic E-state index is 0.0661. The zero-order chi connectivity index (χ0) is 14.6. The average molecular weight is 270 g/mol. The van der Waals surface area contributed by atoms with Gasteiger partial charge in [-0.25, -0.2) is 0 Å². The summed E-state index contributed by atoms with van der Waals surface area (Å²) in [7, 11) is 0. The molecule has 0 aliphatic heterocycles. The second kappa shape index (κ2) is 6.37. The first-order valence-electron chi connectivity index (χ1n) is 7.00. The molecule has 1 fully saturated rings. The monoisotopic (exact) mass is 270 g/mol. The maximum atomic E-state index is 12.2. The predicted octanol–water partition coefficient (Wildman–Crippen LogP) is 1.62. The molecule has 1 atom stereocenters. The molecular weight excluding hydrogens is 244 g/mol. The third-order valence-electron chi connectivity index (χ3n) is 3.49. The van der Waals surface area contributed by atoms with Crippen LogP contribution in [0.3, 0.4) is 0 Å². The highest BCUT2D eigenvalue weighted by Crippen LogP contribution is 2.25. The van der Waals surface area contributed by atoms with E-state index in [1.54, 1.807) is 6.92 Å². The van der Waals surface area contributed by atoms with Crippen LogP contribution in [0.5, 0.6) is 0 Å². The lowest BCUT2D eigenvalue weighted by molar-refractivity contribution is -0.141. The van der Waals surface area contributed by atoms with Crippen LogP contribution < -0.4 is 5.32 Å². The van der Waals surface area contributed by atoms with Gasteiger partial charge in [0.25, 0.3) is 0 Å². The highest BCUT2D eigenvalue weighted by Gasteiger charge is 2.32. The van der Waals surface area contributed by atoms with Gasteiger partial charge < -0.3 is 10.4 Å². The van der Waals surface area contributed by atoms with E-state index in [-0.39, 0.29) is 24.0 Å². The Kier molecular flexibility index (Phi) is 5.35. The quantitative estimate of drug-likeness (QED) is 0.796. The molecular formula is C14H26N2O3. The Balaban J connectivity index is 2.72. The molecule has 0 aromatic heterocycles. The maximum absolute atomic E-state index is 12.2. The number of rotatable bonds is 5. The summed E-state index contributed by atoms with van der Waals surface area (Å²) in [4.78, 5) is 25.0. The molecule has 0 aromatic carbocycles. The van der Waals surface area contributed by atoms with Crippen molar-refractivity contribution >= 4 is 11.9 Å². The van der Waals surface area contributed by atoms with E-state index in [4.69, 9.17) is 5.11 Å². The highest BCUT2D eigenvalue weighted by molar-refractivity contribution is 5.82. The number of nitrogens with one attached hydrogen (secondary N) is 1. The molecule has 1 aliphatic carbocycles. The van der Waals surface area contributed by atoms with Crippen LogP contribution in [0.2, 0.25) is 0 Å². The van der Waals surface area contributed by atoms with Crippen LogP contribution in [0.4, 0.5) is 0 Å². The summed E-state index contributed by atoms with van der Waals surface area (Å²) in [6.07, 6.45) is 4.21.